The highest BCUT2D eigenvalue weighted by molar-refractivity contribution is 5.35. The van der Waals surface area contributed by atoms with Gasteiger partial charge in [-0.2, -0.15) is 0 Å². The lowest BCUT2D eigenvalue weighted by Crippen LogP contribution is -2.24. The number of benzene rings is 1. The maximum atomic E-state index is 13.9. The lowest BCUT2D eigenvalue weighted by atomic mass is 9.91. The van der Waals surface area contributed by atoms with E-state index in [4.69, 9.17) is 0 Å². The first-order chi connectivity index (χ1) is 8.32. The summed E-state index contributed by atoms with van der Waals surface area (Å²) in [5.74, 6) is -2.04. The Labute approximate surface area is 101 Å². The van der Waals surface area contributed by atoms with Crippen LogP contribution in [0, 0.1) is 5.82 Å². The van der Waals surface area contributed by atoms with E-state index in [1.807, 2.05) is 0 Å². The molecule has 18 heavy (non-hydrogen) atoms. The number of rotatable bonds is 2. The Balaban J connectivity index is 2.36. The maximum absolute atomic E-state index is 13.9. The fraction of sp³-hybridized carbons (Fsp3) is 0.500. The Bertz CT molecular complexity index is 436. The second-order valence-electron chi connectivity index (χ2n) is 4.40. The molecule has 0 unspecified atom stereocenters. The molecular weight excluding hydrogens is 252 g/mol. The fourth-order valence-electron chi connectivity index (χ4n) is 2.30. The fourth-order valence-corrected chi connectivity index (χ4v) is 2.30. The summed E-state index contributed by atoms with van der Waals surface area (Å²) < 4.78 is 53.7. The summed E-state index contributed by atoms with van der Waals surface area (Å²) in [4.78, 5) is 0. The maximum Gasteiger partial charge on any atom is 0.573 e. The SMILES string of the molecule is OC1(c2cccc(OC(F)(F)F)c2F)CCCC1. The molecule has 1 aliphatic rings. The number of alkyl halides is 3. The minimum absolute atomic E-state index is 0.123. The zero-order valence-corrected chi connectivity index (χ0v) is 9.43. The zero-order valence-electron chi connectivity index (χ0n) is 9.43. The van der Waals surface area contributed by atoms with Gasteiger partial charge < -0.3 is 9.84 Å². The molecule has 1 aromatic rings. The number of ether oxygens (including phenoxy) is 1. The third kappa shape index (κ3) is 2.58. The van der Waals surface area contributed by atoms with E-state index < -0.39 is 23.5 Å². The Morgan fingerprint density at radius 1 is 1.17 bits per heavy atom. The molecule has 100 valence electrons. The molecule has 1 saturated carbocycles. The van der Waals surface area contributed by atoms with Crippen LogP contribution >= 0.6 is 0 Å². The van der Waals surface area contributed by atoms with Crippen LogP contribution < -0.4 is 4.74 Å². The topological polar surface area (TPSA) is 29.5 Å². The highest BCUT2D eigenvalue weighted by atomic mass is 19.4. The van der Waals surface area contributed by atoms with Gasteiger partial charge in [-0.05, 0) is 18.9 Å². The van der Waals surface area contributed by atoms with Crippen LogP contribution in [0.2, 0.25) is 0 Å². The van der Waals surface area contributed by atoms with Crippen molar-refractivity contribution in [2.75, 3.05) is 0 Å². The number of hydrogen-bond donors (Lipinski definition) is 1. The van der Waals surface area contributed by atoms with Crippen molar-refractivity contribution >= 4 is 0 Å². The first kappa shape index (κ1) is 13.1. The molecule has 1 N–H and O–H groups in total. The second-order valence-corrected chi connectivity index (χ2v) is 4.40. The van der Waals surface area contributed by atoms with E-state index in [0.717, 1.165) is 18.9 Å². The molecule has 0 radical (unpaired) electrons. The normalized spacial score (nSPS) is 18.9. The molecule has 2 rings (SSSR count). The minimum atomic E-state index is -4.95. The minimum Gasteiger partial charge on any atom is -0.403 e. The van der Waals surface area contributed by atoms with E-state index in [1.165, 1.54) is 12.1 Å². The van der Waals surface area contributed by atoms with Crippen LogP contribution in [0.5, 0.6) is 5.75 Å². The van der Waals surface area contributed by atoms with Gasteiger partial charge in [0.15, 0.2) is 11.6 Å². The molecule has 0 bridgehead atoms. The van der Waals surface area contributed by atoms with Crippen molar-refractivity contribution in [3.05, 3.63) is 29.6 Å². The van der Waals surface area contributed by atoms with Gasteiger partial charge >= 0.3 is 6.36 Å². The highest BCUT2D eigenvalue weighted by Crippen LogP contribution is 2.41. The van der Waals surface area contributed by atoms with Crippen LogP contribution in [0.1, 0.15) is 31.2 Å². The summed E-state index contributed by atoms with van der Waals surface area (Å²) in [6.07, 6.45) is -2.81. The third-order valence-corrected chi connectivity index (χ3v) is 3.12. The molecule has 0 aliphatic heterocycles. The van der Waals surface area contributed by atoms with Crippen molar-refractivity contribution in [3.8, 4) is 5.75 Å². The summed E-state index contributed by atoms with van der Waals surface area (Å²) in [5, 5.41) is 10.2. The molecule has 0 heterocycles. The van der Waals surface area contributed by atoms with Crippen LogP contribution in [0.15, 0.2) is 18.2 Å². The van der Waals surface area contributed by atoms with Crippen LogP contribution in [0.3, 0.4) is 0 Å². The number of hydrogen-bond acceptors (Lipinski definition) is 2. The Morgan fingerprint density at radius 3 is 2.33 bits per heavy atom. The van der Waals surface area contributed by atoms with Crippen molar-refractivity contribution < 1.29 is 27.4 Å². The van der Waals surface area contributed by atoms with Gasteiger partial charge in [0.1, 0.15) is 0 Å². The van der Waals surface area contributed by atoms with Gasteiger partial charge in [0.25, 0.3) is 0 Å². The van der Waals surface area contributed by atoms with Gasteiger partial charge in [-0.25, -0.2) is 4.39 Å². The standard InChI is InChI=1S/C12H12F4O2/c13-10-8(11(17)6-1-2-7-11)4-3-5-9(10)18-12(14,15)16/h3-5,17H,1-2,6-7H2. The van der Waals surface area contributed by atoms with Crippen molar-refractivity contribution in [1.29, 1.82) is 0 Å². The van der Waals surface area contributed by atoms with Crippen LogP contribution in [0.4, 0.5) is 17.6 Å². The van der Waals surface area contributed by atoms with E-state index in [9.17, 15) is 22.7 Å². The molecule has 0 saturated heterocycles. The van der Waals surface area contributed by atoms with E-state index in [2.05, 4.69) is 4.74 Å². The average Bonchev–Trinajstić information content (AvgIpc) is 2.67. The smallest absolute Gasteiger partial charge is 0.403 e. The predicted octanol–water partition coefficient (Wildman–Crippen LogP) is 3.49. The van der Waals surface area contributed by atoms with E-state index in [1.54, 1.807) is 0 Å². The summed E-state index contributed by atoms with van der Waals surface area (Å²) >= 11 is 0. The van der Waals surface area contributed by atoms with Crippen molar-refractivity contribution in [3.63, 3.8) is 0 Å². The molecule has 0 spiro atoms. The Kier molecular flexibility index (Phi) is 3.23. The molecule has 6 heteroatoms. The van der Waals surface area contributed by atoms with Crippen LogP contribution in [-0.4, -0.2) is 11.5 Å². The molecule has 0 atom stereocenters. The Morgan fingerprint density at radius 2 is 1.78 bits per heavy atom. The van der Waals surface area contributed by atoms with Gasteiger partial charge in [0.2, 0.25) is 0 Å². The van der Waals surface area contributed by atoms with E-state index in [-0.39, 0.29) is 5.56 Å². The first-order valence-corrected chi connectivity index (χ1v) is 5.59. The largest absolute Gasteiger partial charge is 0.573 e. The van der Waals surface area contributed by atoms with Gasteiger partial charge in [0, 0.05) is 5.56 Å². The average molecular weight is 264 g/mol. The van der Waals surface area contributed by atoms with Gasteiger partial charge in [0.05, 0.1) is 5.60 Å². The van der Waals surface area contributed by atoms with Gasteiger partial charge in [-0.1, -0.05) is 25.0 Å². The highest BCUT2D eigenvalue weighted by Gasteiger charge is 2.38. The molecule has 0 aromatic heterocycles. The van der Waals surface area contributed by atoms with Gasteiger partial charge in [-0.15, -0.1) is 13.2 Å². The first-order valence-electron chi connectivity index (χ1n) is 5.59. The lowest BCUT2D eigenvalue weighted by molar-refractivity contribution is -0.275. The third-order valence-electron chi connectivity index (χ3n) is 3.12. The van der Waals surface area contributed by atoms with Crippen molar-refractivity contribution in [2.24, 2.45) is 0 Å². The summed E-state index contributed by atoms with van der Waals surface area (Å²) in [6, 6.07) is 3.43. The molecule has 2 nitrogen and oxygen atoms in total. The van der Waals surface area contributed by atoms with E-state index >= 15 is 0 Å². The Hall–Kier alpha value is -1.30. The zero-order chi connectivity index (χ0) is 13.4. The lowest BCUT2D eigenvalue weighted by Gasteiger charge is -2.24. The van der Waals surface area contributed by atoms with Crippen molar-refractivity contribution in [2.45, 2.75) is 37.6 Å². The number of aliphatic hydroxyl groups is 1. The number of halogens is 4. The van der Waals surface area contributed by atoms with Gasteiger partial charge in [-0.3, -0.25) is 0 Å². The second kappa shape index (κ2) is 4.42. The van der Waals surface area contributed by atoms with Crippen LogP contribution in [0.25, 0.3) is 0 Å². The summed E-state index contributed by atoms with van der Waals surface area (Å²) in [7, 11) is 0. The molecule has 1 fully saturated rings. The monoisotopic (exact) mass is 264 g/mol. The quantitative estimate of drug-likeness (QED) is 0.828. The predicted molar refractivity (Wildman–Crippen MR) is 55.4 cm³/mol. The molecule has 0 amide bonds. The van der Waals surface area contributed by atoms with Crippen LogP contribution in [-0.2, 0) is 5.60 Å². The molecule has 1 aromatic carbocycles. The summed E-state index contributed by atoms with van der Waals surface area (Å²) in [5.41, 5.74) is -1.50. The van der Waals surface area contributed by atoms with E-state index in [0.29, 0.717) is 12.8 Å². The summed E-state index contributed by atoms with van der Waals surface area (Å²) in [6.45, 7) is 0. The molecular formula is C12H12F4O2. The molecule has 1 aliphatic carbocycles. The van der Waals surface area contributed by atoms with Crippen molar-refractivity contribution in [1.82, 2.24) is 0 Å².